The SMILES string of the molecule is CNNC(=O)c1ccc(N/N=C\c2ccccc2S(=O)(=O)ON)nc1. The molecule has 132 valence electrons. The van der Waals surface area contributed by atoms with Crippen molar-refractivity contribution < 1.29 is 17.5 Å². The monoisotopic (exact) mass is 364 g/mol. The number of amides is 1. The predicted molar refractivity (Wildman–Crippen MR) is 90.9 cm³/mol. The molecular weight excluding hydrogens is 348 g/mol. The zero-order valence-electron chi connectivity index (χ0n) is 13.1. The van der Waals surface area contributed by atoms with Gasteiger partial charge < -0.3 is 0 Å². The maximum Gasteiger partial charge on any atom is 0.313 e. The highest BCUT2D eigenvalue weighted by Gasteiger charge is 2.17. The lowest BCUT2D eigenvalue weighted by molar-refractivity contribution is 0.0937. The number of hydrazone groups is 1. The number of nitrogens with one attached hydrogen (secondary N) is 3. The van der Waals surface area contributed by atoms with E-state index in [9.17, 15) is 13.2 Å². The Morgan fingerprint density at radius 2 is 2.04 bits per heavy atom. The first-order valence-electron chi connectivity index (χ1n) is 6.92. The van der Waals surface area contributed by atoms with Gasteiger partial charge in [0.1, 0.15) is 10.7 Å². The summed E-state index contributed by atoms with van der Waals surface area (Å²) in [5.41, 5.74) is 8.21. The fraction of sp³-hybridized carbons (Fsp3) is 0.0714. The summed E-state index contributed by atoms with van der Waals surface area (Å²) in [5.74, 6) is 4.83. The summed E-state index contributed by atoms with van der Waals surface area (Å²) in [7, 11) is -2.48. The molecule has 0 radical (unpaired) electrons. The van der Waals surface area contributed by atoms with Crippen molar-refractivity contribution >= 4 is 28.1 Å². The zero-order valence-corrected chi connectivity index (χ0v) is 13.9. The fourth-order valence-electron chi connectivity index (χ4n) is 1.81. The van der Waals surface area contributed by atoms with E-state index in [1.54, 1.807) is 25.2 Å². The molecule has 0 saturated heterocycles. The van der Waals surface area contributed by atoms with Crippen molar-refractivity contribution in [2.75, 3.05) is 12.5 Å². The molecule has 1 aromatic carbocycles. The number of benzene rings is 1. The molecule has 1 aromatic heterocycles. The maximum atomic E-state index is 11.7. The quantitative estimate of drug-likeness (QED) is 0.395. The molecule has 5 N–H and O–H groups in total. The molecule has 25 heavy (non-hydrogen) atoms. The summed E-state index contributed by atoms with van der Waals surface area (Å²) >= 11 is 0. The smallest absolute Gasteiger partial charge is 0.288 e. The second kappa shape index (κ2) is 8.30. The minimum Gasteiger partial charge on any atom is -0.288 e. The number of rotatable bonds is 7. The van der Waals surface area contributed by atoms with E-state index in [1.165, 1.54) is 30.6 Å². The zero-order chi connectivity index (χ0) is 18.3. The lowest BCUT2D eigenvalue weighted by Crippen LogP contribution is -2.34. The van der Waals surface area contributed by atoms with E-state index < -0.39 is 10.1 Å². The molecule has 0 atom stereocenters. The molecule has 10 nitrogen and oxygen atoms in total. The minimum absolute atomic E-state index is 0.116. The Bertz CT molecular complexity index is 867. The lowest BCUT2D eigenvalue weighted by Gasteiger charge is -2.05. The van der Waals surface area contributed by atoms with Crippen molar-refractivity contribution in [3.8, 4) is 0 Å². The Morgan fingerprint density at radius 3 is 2.68 bits per heavy atom. The molecule has 2 aromatic rings. The first kappa shape index (κ1) is 18.5. The third-order valence-electron chi connectivity index (χ3n) is 2.96. The van der Waals surface area contributed by atoms with Gasteiger partial charge in [0.25, 0.3) is 5.91 Å². The summed E-state index contributed by atoms with van der Waals surface area (Å²) in [4.78, 5) is 15.5. The van der Waals surface area contributed by atoms with Gasteiger partial charge in [-0.1, -0.05) is 18.2 Å². The number of nitrogens with two attached hydrogens (primary N) is 1. The fourth-order valence-corrected chi connectivity index (χ4v) is 2.57. The van der Waals surface area contributed by atoms with Crippen LogP contribution in [0.5, 0.6) is 0 Å². The van der Waals surface area contributed by atoms with E-state index in [-0.39, 0.29) is 16.4 Å². The second-order valence-electron chi connectivity index (χ2n) is 4.59. The molecule has 0 aliphatic rings. The highest BCUT2D eigenvalue weighted by atomic mass is 32.2. The molecule has 1 amide bonds. The number of hydrogen-bond acceptors (Lipinski definition) is 9. The molecule has 0 aliphatic heterocycles. The Balaban J connectivity index is 2.11. The molecule has 0 bridgehead atoms. The highest BCUT2D eigenvalue weighted by Crippen LogP contribution is 2.15. The summed E-state index contributed by atoms with van der Waals surface area (Å²) in [6.45, 7) is 0. The van der Waals surface area contributed by atoms with E-state index in [2.05, 4.69) is 30.6 Å². The van der Waals surface area contributed by atoms with Gasteiger partial charge in [-0.3, -0.25) is 15.6 Å². The normalized spacial score (nSPS) is 11.4. The number of hydrogen-bond donors (Lipinski definition) is 4. The van der Waals surface area contributed by atoms with Gasteiger partial charge in [0, 0.05) is 18.8 Å². The maximum absolute atomic E-state index is 11.7. The van der Waals surface area contributed by atoms with Gasteiger partial charge in [0.15, 0.2) is 0 Å². The first-order valence-corrected chi connectivity index (χ1v) is 8.33. The molecule has 0 unspecified atom stereocenters. The summed E-state index contributed by atoms with van der Waals surface area (Å²) in [5, 5.41) is 3.92. The van der Waals surface area contributed by atoms with Crippen LogP contribution in [-0.2, 0) is 14.4 Å². The van der Waals surface area contributed by atoms with Crippen molar-refractivity contribution in [3.05, 3.63) is 53.7 Å². The van der Waals surface area contributed by atoms with Crippen molar-refractivity contribution in [3.63, 3.8) is 0 Å². The summed E-state index contributed by atoms with van der Waals surface area (Å²) in [6.07, 6.45) is 2.65. The molecule has 11 heteroatoms. The van der Waals surface area contributed by atoms with Crippen LogP contribution in [0, 0.1) is 0 Å². The molecule has 1 heterocycles. The number of carbonyl (C=O) groups is 1. The van der Waals surface area contributed by atoms with Crippen molar-refractivity contribution in [1.29, 1.82) is 0 Å². The van der Waals surface area contributed by atoms with Crippen molar-refractivity contribution in [1.82, 2.24) is 15.8 Å². The number of hydrazine groups is 1. The molecule has 0 aliphatic carbocycles. The van der Waals surface area contributed by atoms with E-state index in [0.717, 1.165) is 0 Å². The van der Waals surface area contributed by atoms with Gasteiger partial charge in [0.2, 0.25) is 0 Å². The molecule has 0 fully saturated rings. The van der Waals surface area contributed by atoms with E-state index >= 15 is 0 Å². The van der Waals surface area contributed by atoms with Crippen molar-refractivity contribution in [2.45, 2.75) is 4.90 Å². The molecule has 0 saturated carbocycles. The van der Waals surface area contributed by atoms with Crippen LogP contribution in [0.3, 0.4) is 0 Å². The molecular formula is C14H16N6O4S. The summed E-state index contributed by atoms with van der Waals surface area (Å²) in [6, 6.07) is 9.16. The van der Waals surface area contributed by atoms with E-state index in [4.69, 9.17) is 5.90 Å². The number of carbonyl (C=O) groups excluding carboxylic acids is 1. The largest absolute Gasteiger partial charge is 0.313 e. The number of nitrogens with zero attached hydrogens (tertiary/aromatic N) is 2. The number of pyridine rings is 1. The standard InChI is InChI=1S/C14H16N6O4S/c1-16-20-14(21)11-6-7-13(17-8-11)19-18-9-10-4-2-3-5-12(10)25(22,23)24-15/h2-9,16H,15H2,1H3,(H,17,19)(H,20,21)/b18-9-. The van der Waals surface area contributed by atoms with Gasteiger partial charge in [0.05, 0.1) is 11.8 Å². The van der Waals surface area contributed by atoms with Gasteiger partial charge in [-0.2, -0.15) is 23.7 Å². The van der Waals surface area contributed by atoms with Crippen LogP contribution in [-0.4, -0.2) is 32.6 Å². The van der Waals surface area contributed by atoms with Crippen LogP contribution < -0.4 is 22.2 Å². The Hall–Kier alpha value is -2.86. The second-order valence-corrected chi connectivity index (χ2v) is 6.13. The van der Waals surface area contributed by atoms with Crippen LogP contribution in [0.4, 0.5) is 5.82 Å². The topological polar surface area (TPSA) is 148 Å². The van der Waals surface area contributed by atoms with Gasteiger partial charge in [-0.15, -0.1) is 0 Å². The van der Waals surface area contributed by atoms with E-state index in [1.807, 2.05) is 0 Å². The van der Waals surface area contributed by atoms with Crippen LogP contribution in [0.25, 0.3) is 0 Å². The predicted octanol–water partition coefficient (Wildman–Crippen LogP) is -0.0292. The first-order chi connectivity index (χ1) is 12.0. The van der Waals surface area contributed by atoms with Gasteiger partial charge in [-0.05, 0) is 18.2 Å². The summed E-state index contributed by atoms with van der Waals surface area (Å²) < 4.78 is 27.5. The van der Waals surface area contributed by atoms with Gasteiger partial charge in [-0.25, -0.2) is 10.4 Å². The Labute approximate surface area is 144 Å². The average molecular weight is 364 g/mol. The van der Waals surface area contributed by atoms with E-state index in [0.29, 0.717) is 11.4 Å². The van der Waals surface area contributed by atoms with Crippen molar-refractivity contribution in [2.24, 2.45) is 11.0 Å². The number of anilines is 1. The van der Waals surface area contributed by atoms with Gasteiger partial charge >= 0.3 is 10.1 Å². The third kappa shape index (κ3) is 4.81. The van der Waals surface area contributed by atoms with Crippen LogP contribution in [0.15, 0.2) is 52.6 Å². The molecule has 2 rings (SSSR count). The Kier molecular flexibility index (Phi) is 6.14. The average Bonchev–Trinajstić information content (AvgIpc) is 2.63. The Morgan fingerprint density at radius 1 is 1.28 bits per heavy atom. The lowest BCUT2D eigenvalue weighted by atomic mass is 10.2. The highest BCUT2D eigenvalue weighted by molar-refractivity contribution is 7.86. The minimum atomic E-state index is -4.05. The molecule has 0 spiro atoms. The van der Waals surface area contributed by atoms with Crippen LogP contribution in [0.2, 0.25) is 0 Å². The van der Waals surface area contributed by atoms with Crippen LogP contribution in [0.1, 0.15) is 15.9 Å². The third-order valence-corrected chi connectivity index (χ3v) is 4.13. The van der Waals surface area contributed by atoms with Crippen LogP contribution >= 0.6 is 0 Å². The number of aromatic nitrogens is 1.